The summed E-state index contributed by atoms with van der Waals surface area (Å²) in [5, 5.41) is 2.78. The number of rotatable bonds is 22. The van der Waals surface area contributed by atoms with E-state index < -0.39 is 105 Å². The number of amides is 1. The van der Waals surface area contributed by atoms with Gasteiger partial charge in [-0.3, -0.25) is 0 Å². The standard InChI is InChI=1S/C33H47NO13/c1-11-24(35)42-18-32(19-43-25(36)12-2,20-44-26(37)13-3)16-41-17-33(21-45-27(38)14-4,22-46-28(39)15-5)23-47-29(40)34-31(9,10)30(6,7)8/h11-15H,1-5,16-23H2,6-10H3,(H,34,40). The topological polar surface area (TPSA) is 179 Å². The van der Waals surface area contributed by atoms with Gasteiger partial charge in [-0.25, -0.2) is 28.8 Å². The van der Waals surface area contributed by atoms with Crippen molar-refractivity contribution in [3.8, 4) is 0 Å². The zero-order chi connectivity index (χ0) is 36.3. The zero-order valence-corrected chi connectivity index (χ0v) is 27.9. The first-order valence-electron chi connectivity index (χ1n) is 14.3. The summed E-state index contributed by atoms with van der Waals surface area (Å²) in [4.78, 5) is 72.9. The highest BCUT2D eigenvalue weighted by molar-refractivity contribution is 5.83. The molecule has 0 fully saturated rings. The fourth-order valence-corrected chi connectivity index (χ4v) is 3.10. The molecule has 0 spiro atoms. The lowest BCUT2D eigenvalue weighted by Crippen LogP contribution is -2.53. The molecule has 14 heteroatoms. The highest BCUT2D eigenvalue weighted by Crippen LogP contribution is 2.30. The normalized spacial score (nSPS) is 11.5. The first kappa shape index (κ1) is 42.3. The van der Waals surface area contributed by atoms with Gasteiger partial charge in [-0.05, 0) is 19.3 Å². The van der Waals surface area contributed by atoms with Gasteiger partial charge < -0.3 is 38.5 Å². The Balaban J connectivity index is 6.54. The van der Waals surface area contributed by atoms with Crippen molar-refractivity contribution >= 4 is 35.9 Å². The number of carbonyl (C=O) groups is 6. The molecular weight excluding hydrogens is 618 g/mol. The van der Waals surface area contributed by atoms with Crippen LogP contribution < -0.4 is 5.32 Å². The molecule has 0 aliphatic rings. The Morgan fingerprint density at radius 2 is 0.723 bits per heavy atom. The van der Waals surface area contributed by atoms with Crippen LogP contribution in [-0.2, 0) is 57.1 Å². The molecule has 0 rings (SSSR count). The Hall–Kier alpha value is -4.72. The van der Waals surface area contributed by atoms with Crippen molar-refractivity contribution in [2.24, 2.45) is 16.2 Å². The van der Waals surface area contributed by atoms with Crippen LogP contribution in [0.25, 0.3) is 0 Å². The Morgan fingerprint density at radius 3 is 0.957 bits per heavy atom. The minimum Gasteiger partial charge on any atom is -0.462 e. The molecule has 0 radical (unpaired) electrons. The van der Waals surface area contributed by atoms with Crippen LogP contribution in [0.2, 0.25) is 0 Å². The monoisotopic (exact) mass is 665 g/mol. The average molecular weight is 666 g/mol. The highest BCUT2D eigenvalue weighted by Gasteiger charge is 2.41. The first-order chi connectivity index (χ1) is 21.8. The SMILES string of the molecule is C=CC(=O)OCC(COCC(COC(=O)C=C)(COC(=O)C=C)COC(=O)NC(C)(C)C(C)(C)C)(COC(=O)C=C)COC(=O)C=C. The van der Waals surface area contributed by atoms with Gasteiger partial charge in [0.05, 0.1) is 24.0 Å². The molecule has 0 unspecified atom stereocenters. The van der Waals surface area contributed by atoms with Crippen LogP contribution in [0.1, 0.15) is 34.6 Å². The van der Waals surface area contributed by atoms with E-state index in [9.17, 15) is 28.8 Å². The summed E-state index contributed by atoms with van der Waals surface area (Å²) in [6.07, 6.45) is 3.68. The van der Waals surface area contributed by atoms with Gasteiger partial charge in [-0.2, -0.15) is 0 Å². The molecule has 0 heterocycles. The second kappa shape index (κ2) is 19.7. The summed E-state index contributed by atoms with van der Waals surface area (Å²) >= 11 is 0. The quantitative estimate of drug-likeness (QED) is 0.101. The summed E-state index contributed by atoms with van der Waals surface area (Å²) in [7, 11) is 0. The summed E-state index contributed by atoms with van der Waals surface area (Å²) < 4.78 is 37.6. The lowest BCUT2D eigenvalue weighted by Gasteiger charge is -2.39. The molecule has 0 aliphatic carbocycles. The maximum Gasteiger partial charge on any atom is 0.407 e. The van der Waals surface area contributed by atoms with Crippen LogP contribution >= 0.6 is 0 Å². The van der Waals surface area contributed by atoms with Gasteiger partial charge in [0.25, 0.3) is 0 Å². The Morgan fingerprint density at radius 1 is 0.468 bits per heavy atom. The second-order valence-electron chi connectivity index (χ2n) is 12.1. The zero-order valence-electron chi connectivity index (χ0n) is 27.9. The maximum absolute atomic E-state index is 12.9. The number of hydrogen-bond donors (Lipinski definition) is 1. The number of carbonyl (C=O) groups excluding carboxylic acids is 6. The molecule has 0 aliphatic heterocycles. The van der Waals surface area contributed by atoms with E-state index in [-0.39, 0.29) is 5.41 Å². The molecule has 47 heavy (non-hydrogen) atoms. The molecule has 0 saturated heterocycles. The molecule has 0 bridgehead atoms. The maximum atomic E-state index is 12.9. The molecule has 14 nitrogen and oxygen atoms in total. The van der Waals surface area contributed by atoms with Crippen LogP contribution in [0.15, 0.2) is 63.3 Å². The number of nitrogens with one attached hydrogen (secondary N) is 1. The second-order valence-corrected chi connectivity index (χ2v) is 12.1. The van der Waals surface area contributed by atoms with E-state index in [4.69, 9.17) is 33.2 Å². The molecule has 0 aromatic carbocycles. The number of esters is 5. The molecule has 262 valence electrons. The molecule has 0 aromatic heterocycles. The fraction of sp³-hybridized carbons (Fsp3) is 0.515. The largest absolute Gasteiger partial charge is 0.462 e. The van der Waals surface area contributed by atoms with E-state index in [1.807, 2.05) is 20.8 Å². The summed E-state index contributed by atoms with van der Waals surface area (Å²) in [5.74, 6) is -4.17. The van der Waals surface area contributed by atoms with Gasteiger partial charge in [0.15, 0.2) is 0 Å². The molecule has 1 amide bonds. The van der Waals surface area contributed by atoms with Crippen LogP contribution in [-0.4, -0.2) is 94.3 Å². The van der Waals surface area contributed by atoms with Gasteiger partial charge in [0, 0.05) is 35.9 Å². The third kappa shape index (κ3) is 15.9. The van der Waals surface area contributed by atoms with E-state index in [2.05, 4.69) is 38.2 Å². The molecular formula is C33H47NO13. The van der Waals surface area contributed by atoms with Crippen molar-refractivity contribution in [3.05, 3.63) is 63.3 Å². The predicted molar refractivity (Wildman–Crippen MR) is 169 cm³/mol. The van der Waals surface area contributed by atoms with Crippen molar-refractivity contribution in [1.82, 2.24) is 5.32 Å². The van der Waals surface area contributed by atoms with Crippen molar-refractivity contribution in [2.75, 3.05) is 52.9 Å². The fourth-order valence-electron chi connectivity index (χ4n) is 3.10. The molecule has 0 aromatic rings. The van der Waals surface area contributed by atoms with E-state index in [0.29, 0.717) is 0 Å². The van der Waals surface area contributed by atoms with Gasteiger partial charge in [0.1, 0.15) is 39.6 Å². The highest BCUT2D eigenvalue weighted by atomic mass is 16.6. The molecule has 0 atom stereocenters. The van der Waals surface area contributed by atoms with E-state index in [1.54, 1.807) is 13.8 Å². The Labute approximate surface area is 275 Å². The minimum atomic E-state index is -1.53. The van der Waals surface area contributed by atoms with E-state index >= 15 is 0 Å². The van der Waals surface area contributed by atoms with E-state index in [1.165, 1.54) is 0 Å². The summed E-state index contributed by atoms with van der Waals surface area (Å²) in [6.45, 7) is 22.3. The van der Waals surface area contributed by atoms with Crippen molar-refractivity contribution in [1.29, 1.82) is 0 Å². The smallest absolute Gasteiger partial charge is 0.407 e. The van der Waals surface area contributed by atoms with Crippen molar-refractivity contribution in [3.63, 3.8) is 0 Å². The summed E-state index contributed by atoms with van der Waals surface area (Å²) in [6, 6.07) is 0. The average Bonchev–Trinajstić information content (AvgIpc) is 3.03. The first-order valence-corrected chi connectivity index (χ1v) is 14.3. The van der Waals surface area contributed by atoms with E-state index in [0.717, 1.165) is 30.4 Å². The van der Waals surface area contributed by atoms with Gasteiger partial charge >= 0.3 is 35.9 Å². The third-order valence-corrected chi connectivity index (χ3v) is 7.05. The Kier molecular flexibility index (Phi) is 17.7. The minimum absolute atomic E-state index is 0.367. The molecule has 0 saturated carbocycles. The lowest BCUT2D eigenvalue weighted by atomic mass is 9.76. The molecule has 1 N–H and O–H groups in total. The Bertz CT molecular complexity index is 1100. The van der Waals surface area contributed by atoms with Crippen LogP contribution in [0.5, 0.6) is 0 Å². The van der Waals surface area contributed by atoms with Gasteiger partial charge in [-0.1, -0.05) is 53.7 Å². The van der Waals surface area contributed by atoms with Crippen molar-refractivity contribution < 1.29 is 61.9 Å². The van der Waals surface area contributed by atoms with Gasteiger partial charge in [-0.15, -0.1) is 0 Å². The van der Waals surface area contributed by atoms with Crippen LogP contribution in [0, 0.1) is 16.2 Å². The van der Waals surface area contributed by atoms with Gasteiger partial charge in [0.2, 0.25) is 0 Å². The van der Waals surface area contributed by atoms with Crippen LogP contribution in [0.4, 0.5) is 4.79 Å². The summed E-state index contributed by atoms with van der Waals surface area (Å²) in [5.41, 5.74) is -4.12. The lowest BCUT2D eigenvalue weighted by molar-refractivity contribution is -0.166. The predicted octanol–water partition coefficient (Wildman–Crippen LogP) is 3.17. The van der Waals surface area contributed by atoms with Crippen molar-refractivity contribution in [2.45, 2.75) is 40.2 Å². The number of alkyl carbamates (subject to hydrolysis) is 1. The third-order valence-electron chi connectivity index (χ3n) is 7.05. The number of ether oxygens (including phenoxy) is 7. The number of hydrogen-bond acceptors (Lipinski definition) is 13. The van der Waals surface area contributed by atoms with Crippen LogP contribution in [0.3, 0.4) is 0 Å².